The van der Waals surface area contributed by atoms with Crippen molar-refractivity contribution in [3.8, 4) is 0 Å². The summed E-state index contributed by atoms with van der Waals surface area (Å²) >= 11 is 0. The van der Waals surface area contributed by atoms with Crippen molar-refractivity contribution in [1.29, 1.82) is 0 Å². The fraction of sp³-hybridized carbons (Fsp3) is 0.562. The molecule has 0 heterocycles. The molecule has 1 aromatic carbocycles. The molecule has 1 aromatic rings. The molecule has 0 fully saturated rings. The zero-order valence-electron chi connectivity index (χ0n) is 12.3. The van der Waals surface area contributed by atoms with Crippen LogP contribution in [0, 0.1) is 5.92 Å². The molecule has 1 rings (SSSR count). The average Bonchev–Trinajstić information content (AvgIpc) is 2.39. The van der Waals surface area contributed by atoms with Gasteiger partial charge in [0.25, 0.3) is 0 Å². The van der Waals surface area contributed by atoms with E-state index in [1.165, 1.54) is 5.56 Å². The molecule has 0 spiro atoms. The summed E-state index contributed by atoms with van der Waals surface area (Å²) in [4.78, 5) is 11.6. The van der Waals surface area contributed by atoms with Crippen molar-refractivity contribution in [1.82, 2.24) is 10.6 Å². The maximum absolute atomic E-state index is 11.6. The van der Waals surface area contributed by atoms with Gasteiger partial charge in [0.05, 0.1) is 6.54 Å². The van der Waals surface area contributed by atoms with Crippen molar-refractivity contribution in [3.05, 3.63) is 35.9 Å². The molecule has 3 nitrogen and oxygen atoms in total. The van der Waals surface area contributed by atoms with Gasteiger partial charge in [0, 0.05) is 6.04 Å². The molecular weight excluding hydrogens is 236 g/mol. The molecule has 106 valence electrons. The van der Waals surface area contributed by atoms with E-state index in [1.807, 2.05) is 13.0 Å². The third-order valence-corrected chi connectivity index (χ3v) is 3.34. The molecule has 0 bridgehead atoms. The Morgan fingerprint density at radius 1 is 1.16 bits per heavy atom. The van der Waals surface area contributed by atoms with Crippen molar-refractivity contribution in [2.45, 2.75) is 39.7 Å². The van der Waals surface area contributed by atoms with E-state index in [1.54, 1.807) is 0 Å². The molecule has 19 heavy (non-hydrogen) atoms. The highest BCUT2D eigenvalue weighted by molar-refractivity contribution is 5.78. The van der Waals surface area contributed by atoms with E-state index in [2.05, 4.69) is 48.7 Å². The van der Waals surface area contributed by atoms with Crippen molar-refractivity contribution >= 4 is 5.91 Å². The number of carbonyl (C=O) groups is 1. The van der Waals surface area contributed by atoms with Gasteiger partial charge in [-0.15, -0.1) is 0 Å². The Labute approximate surface area is 116 Å². The molecule has 0 aliphatic carbocycles. The molecule has 0 aliphatic heterocycles. The zero-order chi connectivity index (χ0) is 14.1. The largest absolute Gasteiger partial charge is 0.352 e. The highest BCUT2D eigenvalue weighted by atomic mass is 16.1. The van der Waals surface area contributed by atoms with Gasteiger partial charge in [0.1, 0.15) is 0 Å². The molecule has 3 heteroatoms. The number of benzene rings is 1. The molecule has 2 N–H and O–H groups in total. The van der Waals surface area contributed by atoms with E-state index in [9.17, 15) is 4.79 Å². The quantitative estimate of drug-likeness (QED) is 0.706. The van der Waals surface area contributed by atoms with Crippen LogP contribution in [0.4, 0.5) is 0 Å². The average molecular weight is 262 g/mol. The van der Waals surface area contributed by atoms with Gasteiger partial charge in [0.15, 0.2) is 0 Å². The summed E-state index contributed by atoms with van der Waals surface area (Å²) in [6.45, 7) is 7.54. The third kappa shape index (κ3) is 6.97. The van der Waals surface area contributed by atoms with Crippen molar-refractivity contribution < 1.29 is 4.79 Å². The Balaban J connectivity index is 2.06. The molecule has 0 aliphatic rings. The number of rotatable bonds is 8. The van der Waals surface area contributed by atoms with Crippen molar-refractivity contribution in [3.63, 3.8) is 0 Å². The highest BCUT2D eigenvalue weighted by Crippen LogP contribution is 2.01. The van der Waals surface area contributed by atoms with E-state index >= 15 is 0 Å². The van der Waals surface area contributed by atoms with E-state index in [0.717, 1.165) is 19.4 Å². The van der Waals surface area contributed by atoms with Crippen LogP contribution >= 0.6 is 0 Å². The molecule has 0 aromatic heterocycles. The first-order valence-corrected chi connectivity index (χ1v) is 7.13. The lowest BCUT2D eigenvalue weighted by molar-refractivity contribution is -0.121. The summed E-state index contributed by atoms with van der Waals surface area (Å²) in [6, 6.07) is 10.7. The number of carbonyl (C=O) groups excluding carboxylic acids is 1. The van der Waals surface area contributed by atoms with Crippen molar-refractivity contribution in [2.24, 2.45) is 5.92 Å². The van der Waals surface area contributed by atoms with Crippen LogP contribution in [0.25, 0.3) is 0 Å². The predicted molar refractivity (Wildman–Crippen MR) is 80.1 cm³/mol. The van der Waals surface area contributed by atoms with Crippen LogP contribution < -0.4 is 10.6 Å². The molecule has 1 unspecified atom stereocenters. The lowest BCUT2D eigenvalue weighted by Crippen LogP contribution is -2.41. The van der Waals surface area contributed by atoms with Gasteiger partial charge in [-0.1, -0.05) is 44.2 Å². The standard InChI is InChI=1S/C16H26N2O/c1-13(2)14(3)18-16(19)12-17-11-7-10-15-8-5-4-6-9-15/h4-6,8-9,13-14,17H,7,10-12H2,1-3H3,(H,18,19). The van der Waals surface area contributed by atoms with Crippen LogP contribution in [0.5, 0.6) is 0 Å². The second-order valence-electron chi connectivity index (χ2n) is 5.37. The maximum atomic E-state index is 11.6. The number of amides is 1. The topological polar surface area (TPSA) is 41.1 Å². The number of hydrogen-bond acceptors (Lipinski definition) is 2. The van der Waals surface area contributed by atoms with Crippen LogP contribution in [0.15, 0.2) is 30.3 Å². The first-order chi connectivity index (χ1) is 9.09. The van der Waals surface area contributed by atoms with E-state index in [4.69, 9.17) is 0 Å². The Bertz CT molecular complexity index is 362. The van der Waals surface area contributed by atoms with Gasteiger partial charge in [0.2, 0.25) is 5.91 Å². The predicted octanol–water partition coefficient (Wildman–Crippen LogP) is 2.37. The second kappa shape index (κ2) is 8.70. The third-order valence-electron chi connectivity index (χ3n) is 3.34. The van der Waals surface area contributed by atoms with Gasteiger partial charge in [-0.05, 0) is 37.8 Å². The molecule has 0 saturated heterocycles. The van der Waals surface area contributed by atoms with E-state index in [-0.39, 0.29) is 11.9 Å². The summed E-state index contributed by atoms with van der Waals surface area (Å²) < 4.78 is 0. The lowest BCUT2D eigenvalue weighted by atomic mass is 10.1. The first kappa shape index (κ1) is 15.7. The number of hydrogen-bond donors (Lipinski definition) is 2. The highest BCUT2D eigenvalue weighted by Gasteiger charge is 2.09. The lowest BCUT2D eigenvalue weighted by Gasteiger charge is -2.17. The normalized spacial score (nSPS) is 12.4. The monoisotopic (exact) mass is 262 g/mol. The van der Waals surface area contributed by atoms with Gasteiger partial charge in [-0.2, -0.15) is 0 Å². The second-order valence-corrected chi connectivity index (χ2v) is 5.37. The van der Waals surface area contributed by atoms with Crippen LogP contribution in [0.3, 0.4) is 0 Å². The molecule has 1 amide bonds. The smallest absolute Gasteiger partial charge is 0.234 e. The summed E-state index contributed by atoms with van der Waals surface area (Å²) in [5.74, 6) is 0.558. The summed E-state index contributed by atoms with van der Waals surface area (Å²) in [5.41, 5.74) is 1.35. The Morgan fingerprint density at radius 3 is 2.47 bits per heavy atom. The fourth-order valence-electron chi connectivity index (χ4n) is 1.74. The Hall–Kier alpha value is -1.35. The Morgan fingerprint density at radius 2 is 1.84 bits per heavy atom. The van der Waals surface area contributed by atoms with Gasteiger partial charge >= 0.3 is 0 Å². The van der Waals surface area contributed by atoms with Gasteiger partial charge in [-0.25, -0.2) is 0 Å². The maximum Gasteiger partial charge on any atom is 0.234 e. The Kier molecular flexibility index (Phi) is 7.19. The van der Waals surface area contributed by atoms with Crippen LogP contribution in [0.2, 0.25) is 0 Å². The molecule has 0 saturated carbocycles. The van der Waals surface area contributed by atoms with E-state index < -0.39 is 0 Å². The summed E-state index contributed by atoms with van der Waals surface area (Å²) in [7, 11) is 0. The first-order valence-electron chi connectivity index (χ1n) is 7.13. The SMILES string of the molecule is CC(C)C(C)NC(=O)CNCCCc1ccccc1. The van der Waals surface area contributed by atoms with Crippen LogP contribution in [-0.4, -0.2) is 25.0 Å². The molecular formula is C16H26N2O. The van der Waals surface area contributed by atoms with Gasteiger partial charge in [-0.3, -0.25) is 4.79 Å². The van der Waals surface area contributed by atoms with Crippen LogP contribution in [-0.2, 0) is 11.2 Å². The number of nitrogens with one attached hydrogen (secondary N) is 2. The van der Waals surface area contributed by atoms with E-state index in [0.29, 0.717) is 12.5 Å². The molecule has 0 radical (unpaired) electrons. The van der Waals surface area contributed by atoms with Crippen LogP contribution in [0.1, 0.15) is 32.8 Å². The minimum atomic E-state index is 0.0842. The summed E-state index contributed by atoms with van der Waals surface area (Å²) in [6.07, 6.45) is 2.11. The van der Waals surface area contributed by atoms with Gasteiger partial charge < -0.3 is 10.6 Å². The van der Waals surface area contributed by atoms with Crippen molar-refractivity contribution in [2.75, 3.05) is 13.1 Å². The zero-order valence-corrected chi connectivity index (χ0v) is 12.3. The fourth-order valence-corrected chi connectivity index (χ4v) is 1.74. The minimum absolute atomic E-state index is 0.0842. The molecule has 1 atom stereocenters. The minimum Gasteiger partial charge on any atom is -0.352 e. The number of aryl methyl sites for hydroxylation is 1. The summed E-state index contributed by atoms with van der Waals surface area (Å²) in [5, 5.41) is 6.17.